The molecule has 3 nitrogen and oxygen atoms in total. The van der Waals surface area contributed by atoms with E-state index in [-0.39, 0.29) is 6.61 Å². The molecule has 2 unspecified atom stereocenters. The molecule has 3 heteroatoms. The Morgan fingerprint density at radius 3 is 2.78 bits per heavy atom. The van der Waals surface area contributed by atoms with Crippen LogP contribution in [0.5, 0.6) is 0 Å². The second-order valence-corrected chi connectivity index (χ2v) is 5.40. The standard InChI is InChI=1S/C15H24N2O/c1-11-4-5-14(8-12(11)2)17-10-13(3)16-9-15(17)6-7-18/h4-5,8,13,15-16,18H,6-7,9-10H2,1-3H3. The molecule has 1 saturated heterocycles. The van der Waals surface area contributed by atoms with Gasteiger partial charge in [-0.05, 0) is 50.5 Å². The van der Waals surface area contributed by atoms with E-state index in [0.29, 0.717) is 12.1 Å². The average molecular weight is 248 g/mol. The van der Waals surface area contributed by atoms with Crippen molar-refractivity contribution < 1.29 is 5.11 Å². The summed E-state index contributed by atoms with van der Waals surface area (Å²) in [6.45, 7) is 8.73. The van der Waals surface area contributed by atoms with Crippen LogP contribution in [0.1, 0.15) is 24.5 Å². The van der Waals surface area contributed by atoms with Crippen LogP contribution in [0.2, 0.25) is 0 Å². The Morgan fingerprint density at radius 1 is 1.33 bits per heavy atom. The van der Waals surface area contributed by atoms with Crippen LogP contribution < -0.4 is 10.2 Å². The average Bonchev–Trinajstić information content (AvgIpc) is 2.35. The third-order valence-electron chi connectivity index (χ3n) is 3.90. The number of nitrogens with one attached hydrogen (secondary N) is 1. The molecule has 0 aromatic heterocycles. The molecule has 0 spiro atoms. The summed E-state index contributed by atoms with van der Waals surface area (Å²) in [6, 6.07) is 7.55. The summed E-state index contributed by atoms with van der Waals surface area (Å²) in [4.78, 5) is 2.43. The Balaban J connectivity index is 2.23. The number of aliphatic hydroxyl groups is 1. The van der Waals surface area contributed by atoms with Crippen molar-refractivity contribution in [1.82, 2.24) is 5.32 Å². The van der Waals surface area contributed by atoms with Gasteiger partial charge in [-0.1, -0.05) is 6.07 Å². The zero-order valence-corrected chi connectivity index (χ0v) is 11.6. The summed E-state index contributed by atoms with van der Waals surface area (Å²) < 4.78 is 0. The monoisotopic (exact) mass is 248 g/mol. The van der Waals surface area contributed by atoms with Crippen LogP contribution in [0.25, 0.3) is 0 Å². The molecule has 0 radical (unpaired) electrons. The van der Waals surface area contributed by atoms with Crippen molar-refractivity contribution in [2.45, 2.75) is 39.3 Å². The topological polar surface area (TPSA) is 35.5 Å². The van der Waals surface area contributed by atoms with E-state index in [4.69, 9.17) is 0 Å². The minimum atomic E-state index is 0.252. The first-order valence-corrected chi connectivity index (χ1v) is 6.80. The number of aryl methyl sites for hydroxylation is 2. The molecule has 2 atom stereocenters. The SMILES string of the molecule is Cc1ccc(N2CC(C)NCC2CCO)cc1C. The fourth-order valence-electron chi connectivity index (χ4n) is 2.58. The Hall–Kier alpha value is -1.06. The highest BCUT2D eigenvalue weighted by atomic mass is 16.3. The summed E-state index contributed by atoms with van der Waals surface area (Å²) in [6.07, 6.45) is 0.826. The highest BCUT2D eigenvalue weighted by Crippen LogP contribution is 2.24. The minimum absolute atomic E-state index is 0.252. The molecule has 100 valence electrons. The van der Waals surface area contributed by atoms with Crippen molar-refractivity contribution in [3.63, 3.8) is 0 Å². The Labute approximate surface area is 110 Å². The molecule has 1 aliphatic rings. The van der Waals surface area contributed by atoms with E-state index < -0.39 is 0 Å². The zero-order valence-electron chi connectivity index (χ0n) is 11.6. The molecule has 2 rings (SSSR count). The molecule has 2 N–H and O–H groups in total. The van der Waals surface area contributed by atoms with Gasteiger partial charge in [-0.2, -0.15) is 0 Å². The van der Waals surface area contributed by atoms with Crippen LogP contribution in [-0.4, -0.2) is 36.9 Å². The van der Waals surface area contributed by atoms with E-state index in [1.165, 1.54) is 16.8 Å². The van der Waals surface area contributed by atoms with Crippen molar-refractivity contribution in [3.8, 4) is 0 Å². The summed E-state index contributed by atoms with van der Waals surface area (Å²) in [5, 5.41) is 12.7. The number of nitrogens with zero attached hydrogens (tertiary/aromatic N) is 1. The fraction of sp³-hybridized carbons (Fsp3) is 0.600. The van der Waals surface area contributed by atoms with Crippen molar-refractivity contribution in [1.29, 1.82) is 0 Å². The van der Waals surface area contributed by atoms with Gasteiger partial charge in [0.2, 0.25) is 0 Å². The van der Waals surface area contributed by atoms with Gasteiger partial charge >= 0.3 is 0 Å². The summed E-state index contributed by atoms with van der Waals surface area (Å²) in [5.74, 6) is 0. The second-order valence-electron chi connectivity index (χ2n) is 5.40. The number of piperazine rings is 1. The van der Waals surface area contributed by atoms with Crippen molar-refractivity contribution >= 4 is 5.69 Å². The molecule has 1 aliphatic heterocycles. The molecule has 0 aliphatic carbocycles. The van der Waals surface area contributed by atoms with Gasteiger partial charge < -0.3 is 15.3 Å². The smallest absolute Gasteiger partial charge is 0.0451 e. The second kappa shape index (κ2) is 5.72. The van der Waals surface area contributed by atoms with E-state index in [2.05, 4.69) is 49.2 Å². The van der Waals surface area contributed by atoms with Gasteiger partial charge in [0.15, 0.2) is 0 Å². The van der Waals surface area contributed by atoms with Crippen molar-refractivity contribution in [2.75, 3.05) is 24.6 Å². The highest BCUT2D eigenvalue weighted by Gasteiger charge is 2.25. The van der Waals surface area contributed by atoms with Gasteiger partial charge in [0, 0.05) is 37.5 Å². The third kappa shape index (κ3) is 2.85. The lowest BCUT2D eigenvalue weighted by atomic mass is 10.0. The van der Waals surface area contributed by atoms with E-state index in [1.807, 2.05) is 0 Å². The van der Waals surface area contributed by atoms with Gasteiger partial charge in [-0.3, -0.25) is 0 Å². The van der Waals surface area contributed by atoms with Crippen LogP contribution in [0, 0.1) is 13.8 Å². The lowest BCUT2D eigenvalue weighted by Gasteiger charge is -2.41. The maximum absolute atomic E-state index is 9.19. The largest absolute Gasteiger partial charge is 0.396 e. The molecular weight excluding hydrogens is 224 g/mol. The molecule has 1 aromatic carbocycles. The first kappa shape index (κ1) is 13.4. The number of anilines is 1. The van der Waals surface area contributed by atoms with E-state index in [0.717, 1.165) is 19.5 Å². The normalized spacial score (nSPS) is 24.3. The molecular formula is C15H24N2O. The number of hydrogen-bond acceptors (Lipinski definition) is 3. The number of benzene rings is 1. The molecule has 1 aromatic rings. The third-order valence-corrected chi connectivity index (χ3v) is 3.90. The lowest BCUT2D eigenvalue weighted by molar-refractivity contribution is 0.260. The number of aliphatic hydroxyl groups excluding tert-OH is 1. The van der Waals surface area contributed by atoms with Crippen LogP contribution in [0.15, 0.2) is 18.2 Å². The number of hydrogen-bond donors (Lipinski definition) is 2. The van der Waals surface area contributed by atoms with Gasteiger partial charge in [0.05, 0.1) is 0 Å². The predicted molar refractivity (Wildman–Crippen MR) is 76.2 cm³/mol. The maximum Gasteiger partial charge on any atom is 0.0451 e. The van der Waals surface area contributed by atoms with Crippen LogP contribution >= 0.6 is 0 Å². The minimum Gasteiger partial charge on any atom is -0.396 e. The Bertz CT molecular complexity index is 405. The fourth-order valence-corrected chi connectivity index (χ4v) is 2.58. The van der Waals surface area contributed by atoms with E-state index in [9.17, 15) is 5.11 Å². The zero-order chi connectivity index (χ0) is 13.1. The summed E-state index contributed by atoms with van der Waals surface area (Å²) >= 11 is 0. The summed E-state index contributed by atoms with van der Waals surface area (Å²) in [5.41, 5.74) is 3.95. The quantitative estimate of drug-likeness (QED) is 0.857. The molecule has 1 fully saturated rings. The maximum atomic E-state index is 9.19. The van der Waals surface area contributed by atoms with Gasteiger partial charge in [0.25, 0.3) is 0 Å². The van der Waals surface area contributed by atoms with Gasteiger partial charge in [0.1, 0.15) is 0 Å². The number of rotatable bonds is 3. The van der Waals surface area contributed by atoms with Crippen LogP contribution in [-0.2, 0) is 0 Å². The van der Waals surface area contributed by atoms with Crippen molar-refractivity contribution in [2.24, 2.45) is 0 Å². The van der Waals surface area contributed by atoms with Crippen LogP contribution in [0.4, 0.5) is 5.69 Å². The molecule has 0 bridgehead atoms. The van der Waals surface area contributed by atoms with E-state index >= 15 is 0 Å². The van der Waals surface area contributed by atoms with Gasteiger partial charge in [-0.25, -0.2) is 0 Å². The van der Waals surface area contributed by atoms with E-state index in [1.54, 1.807) is 0 Å². The lowest BCUT2D eigenvalue weighted by Crippen LogP contribution is -2.56. The predicted octanol–water partition coefficient (Wildman–Crippen LogP) is 1.85. The Kier molecular flexibility index (Phi) is 4.25. The first-order valence-electron chi connectivity index (χ1n) is 6.80. The molecule has 18 heavy (non-hydrogen) atoms. The Morgan fingerprint density at radius 2 is 2.11 bits per heavy atom. The highest BCUT2D eigenvalue weighted by molar-refractivity contribution is 5.52. The first-order chi connectivity index (χ1) is 8.61. The van der Waals surface area contributed by atoms with Crippen molar-refractivity contribution in [3.05, 3.63) is 29.3 Å². The van der Waals surface area contributed by atoms with Gasteiger partial charge in [-0.15, -0.1) is 0 Å². The molecule has 0 saturated carbocycles. The summed E-state index contributed by atoms with van der Waals surface area (Å²) in [7, 11) is 0. The molecule has 1 heterocycles. The molecule has 0 amide bonds. The van der Waals surface area contributed by atoms with Crippen LogP contribution in [0.3, 0.4) is 0 Å².